The SMILES string of the molecule is O=C(NCc1ccccc1Cl)C(=O)Nc1ccc2c(c1)OCO2. The number of hydrogen-bond acceptors (Lipinski definition) is 4. The standard InChI is InChI=1S/C16H13ClN2O4/c17-12-4-2-1-3-10(12)8-18-15(20)16(21)19-11-5-6-13-14(7-11)23-9-22-13/h1-7H,8-9H2,(H,18,20)(H,19,21). The number of nitrogens with one attached hydrogen (secondary N) is 2. The molecule has 0 unspecified atom stereocenters. The van der Waals surface area contributed by atoms with Crippen LogP contribution in [0.5, 0.6) is 11.5 Å². The number of amides is 2. The minimum absolute atomic E-state index is 0.144. The largest absolute Gasteiger partial charge is 0.454 e. The minimum atomic E-state index is -0.768. The normalized spacial score (nSPS) is 11.9. The summed E-state index contributed by atoms with van der Waals surface area (Å²) < 4.78 is 10.4. The molecule has 3 rings (SSSR count). The van der Waals surface area contributed by atoms with Crippen LogP contribution in [0.3, 0.4) is 0 Å². The Morgan fingerprint density at radius 3 is 2.65 bits per heavy atom. The quantitative estimate of drug-likeness (QED) is 0.846. The van der Waals surface area contributed by atoms with Crippen molar-refractivity contribution in [2.24, 2.45) is 0 Å². The Morgan fingerprint density at radius 1 is 1.04 bits per heavy atom. The van der Waals surface area contributed by atoms with Gasteiger partial charge in [0, 0.05) is 23.3 Å². The fourth-order valence-electron chi connectivity index (χ4n) is 2.06. The average Bonchev–Trinajstić information content (AvgIpc) is 3.01. The number of anilines is 1. The molecule has 0 fully saturated rings. The highest BCUT2D eigenvalue weighted by molar-refractivity contribution is 6.39. The predicted molar refractivity (Wildman–Crippen MR) is 84.5 cm³/mol. The van der Waals surface area contributed by atoms with E-state index in [1.807, 2.05) is 0 Å². The van der Waals surface area contributed by atoms with E-state index in [0.29, 0.717) is 22.2 Å². The topological polar surface area (TPSA) is 76.7 Å². The van der Waals surface area contributed by atoms with E-state index in [9.17, 15) is 9.59 Å². The molecule has 0 aromatic heterocycles. The molecule has 0 atom stereocenters. The molecular formula is C16H13ClN2O4. The maximum Gasteiger partial charge on any atom is 0.313 e. The van der Waals surface area contributed by atoms with Crippen LogP contribution in [0.1, 0.15) is 5.56 Å². The van der Waals surface area contributed by atoms with Crippen molar-refractivity contribution >= 4 is 29.1 Å². The number of carbonyl (C=O) groups is 2. The molecule has 6 nitrogen and oxygen atoms in total. The molecule has 0 saturated carbocycles. The van der Waals surface area contributed by atoms with Gasteiger partial charge in [-0.2, -0.15) is 0 Å². The van der Waals surface area contributed by atoms with Crippen LogP contribution in [0.15, 0.2) is 42.5 Å². The Bertz CT molecular complexity index is 763. The number of carbonyl (C=O) groups excluding carboxylic acids is 2. The molecule has 1 aliphatic rings. The van der Waals surface area contributed by atoms with Crippen LogP contribution in [-0.4, -0.2) is 18.6 Å². The van der Waals surface area contributed by atoms with Crippen molar-refractivity contribution < 1.29 is 19.1 Å². The lowest BCUT2D eigenvalue weighted by Crippen LogP contribution is -2.35. The number of rotatable bonds is 3. The zero-order valence-corrected chi connectivity index (χ0v) is 12.7. The highest BCUT2D eigenvalue weighted by atomic mass is 35.5. The number of ether oxygens (including phenoxy) is 2. The second-order valence-electron chi connectivity index (χ2n) is 4.80. The van der Waals surface area contributed by atoms with Gasteiger partial charge in [0.1, 0.15) is 0 Å². The lowest BCUT2D eigenvalue weighted by atomic mass is 10.2. The van der Waals surface area contributed by atoms with Gasteiger partial charge < -0.3 is 20.1 Å². The number of fused-ring (bicyclic) bond motifs is 1. The number of halogens is 1. The van der Waals surface area contributed by atoms with E-state index in [1.165, 1.54) is 0 Å². The van der Waals surface area contributed by atoms with Gasteiger partial charge in [-0.1, -0.05) is 29.8 Å². The number of hydrogen-bond donors (Lipinski definition) is 2. The second kappa shape index (κ2) is 6.58. The Hall–Kier alpha value is -2.73. The third-order valence-electron chi connectivity index (χ3n) is 3.23. The Balaban J connectivity index is 1.57. The van der Waals surface area contributed by atoms with Crippen molar-refractivity contribution in [3.63, 3.8) is 0 Å². The van der Waals surface area contributed by atoms with Gasteiger partial charge in [-0.3, -0.25) is 9.59 Å². The lowest BCUT2D eigenvalue weighted by Gasteiger charge is -2.08. The maximum absolute atomic E-state index is 11.9. The molecule has 0 spiro atoms. The van der Waals surface area contributed by atoms with Gasteiger partial charge in [0.15, 0.2) is 11.5 Å². The second-order valence-corrected chi connectivity index (χ2v) is 5.20. The third kappa shape index (κ3) is 3.54. The van der Waals surface area contributed by atoms with Crippen molar-refractivity contribution in [1.29, 1.82) is 0 Å². The van der Waals surface area contributed by atoms with Crippen LogP contribution in [0.2, 0.25) is 5.02 Å². The molecular weight excluding hydrogens is 320 g/mol. The molecule has 2 N–H and O–H groups in total. The fraction of sp³-hybridized carbons (Fsp3) is 0.125. The van der Waals surface area contributed by atoms with Crippen molar-refractivity contribution in [2.45, 2.75) is 6.54 Å². The van der Waals surface area contributed by atoms with E-state index in [0.717, 1.165) is 5.56 Å². The Kier molecular flexibility index (Phi) is 4.34. The van der Waals surface area contributed by atoms with Crippen molar-refractivity contribution in [2.75, 3.05) is 12.1 Å². The summed E-state index contributed by atoms with van der Waals surface area (Å²) in [6.07, 6.45) is 0. The summed E-state index contributed by atoms with van der Waals surface area (Å²) in [5, 5.41) is 5.55. The molecule has 2 aromatic rings. The molecule has 118 valence electrons. The highest BCUT2D eigenvalue weighted by Crippen LogP contribution is 2.34. The van der Waals surface area contributed by atoms with Gasteiger partial charge in [0.05, 0.1) is 0 Å². The molecule has 23 heavy (non-hydrogen) atoms. The van der Waals surface area contributed by atoms with Gasteiger partial charge >= 0.3 is 11.8 Å². The van der Waals surface area contributed by atoms with Gasteiger partial charge in [-0.25, -0.2) is 0 Å². The summed E-state index contributed by atoms with van der Waals surface area (Å²) in [6, 6.07) is 12.0. The summed E-state index contributed by atoms with van der Waals surface area (Å²) in [6.45, 7) is 0.318. The van der Waals surface area contributed by atoms with Crippen molar-refractivity contribution in [3.05, 3.63) is 53.1 Å². The van der Waals surface area contributed by atoms with Gasteiger partial charge in [-0.15, -0.1) is 0 Å². The van der Waals surface area contributed by atoms with E-state index >= 15 is 0 Å². The molecule has 7 heteroatoms. The zero-order valence-electron chi connectivity index (χ0n) is 12.0. The first-order valence-corrected chi connectivity index (χ1v) is 7.23. The van der Waals surface area contributed by atoms with E-state index < -0.39 is 11.8 Å². The van der Waals surface area contributed by atoms with Crippen LogP contribution >= 0.6 is 11.6 Å². The molecule has 1 heterocycles. The minimum Gasteiger partial charge on any atom is -0.454 e. The Morgan fingerprint density at radius 2 is 1.83 bits per heavy atom. The van der Waals surface area contributed by atoms with E-state index in [4.69, 9.17) is 21.1 Å². The summed E-state index contributed by atoms with van der Waals surface area (Å²) in [5.74, 6) is -0.385. The van der Waals surface area contributed by atoms with Crippen molar-refractivity contribution in [3.8, 4) is 11.5 Å². The molecule has 1 aliphatic heterocycles. The number of benzene rings is 2. The van der Waals surface area contributed by atoms with Gasteiger partial charge in [0.2, 0.25) is 6.79 Å². The Labute approximate surface area is 137 Å². The highest BCUT2D eigenvalue weighted by Gasteiger charge is 2.17. The van der Waals surface area contributed by atoms with Gasteiger partial charge in [-0.05, 0) is 23.8 Å². The van der Waals surface area contributed by atoms with E-state index in [-0.39, 0.29) is 13.3 Å². The van der Waals surface area contributed by atoms with Crippen LogP contribution in [0.25, 0.3) is 0 Å². The van der Waals surface area contributed by atoms with Crippen LogP contribution in [-0.2, 0) is 16.1 Å². The lowest BCUT2D eigenvalue weighted by molar-refractivity contribution is -0.136. The fourth-order valence-corrected chi connectivity index (χ4v) is 2.26. The van der Waals surface area contributed by atoms with Crippen LogP contribution in [0, 0.1) is 0 Å². The summed E-state index contributed by atoms with van der Waals surface area (Å²) in [4.78, 5) is 23.7. The summed E-state index contributed by atoms with van der Waals surface area (Å²) in [7, 11) is 0. The summed E-state index contributed by atoms with van der Waals surface area (Å²) >= 11 is 5.99. The predicted octanol–water partition coefficient (Wildman–Crippen LogP) is 2.32. The molecule has 2 amide bonds. The zero-order chi connectivity index (χ0) is 16.2. The first kappa shape index (κ1) is 15.2. The smallest absolute Gasteiger partial charge is 0.313 e. The van der Waals surface area contributed by atoms with Gasteiger partial charge in [0.25, 0.3) is 0 Å². The average molecular weight is 333 g/mol. The van der Waals surface area contributed by atoms with Crippen LogP contribution in [0.4, 0.5) is 5.69 Å². The van der Waals surface area contributed by atoms with E-state index in [2.05, 4.69) is 10.6 Å². The molecule has 0 saturated heterocycles. The monoisotopic (exact) mass is 332 g/mol. The van der Waals surface area contributed by atoms with E-state index in [1.54, 1.807) is 42.5 Å². The first-order valence-electron chi connectivity index (χ1n) is 6.86. The molecule has 0 bridgehead atoms. The van der Waals surface area contributed by atoms with Crippen LogP contribution < -0.4 is 20.1 Å². The summed E-state index contributed by atoms with van der Waals surface area (Å²) in [5.41, 5.74) is 1.19. The molecule has 0 aliphatic carbocycles. The first-order chi connectivity index (χ1) is 11.1. The third-order valence-corrected chi connectivity index (χ3v) is 3.60. The van der Waals surface area contributed by atoms with Crippen molar-refractivity contribution in [1.82, 2.24) is 5.32 Å². The maximum atomic E-state index is 11.9. The molecule has 2 aromatic carbocycles. The molecule has 0 radical (unpaired) electrons.